The van der Waals surface area contributed by atoms with Gasteiger partial charge in [0.2, 0.25) is 5.91 Å². The maximum atomic E-state index is 14.7. The number of amides is 1. The second kappa shape index (κ2) is 18.6. The van der Waals surface area contributed by atoms with E-state index in [1.54, 1.807) is 26.2 Å². The van der Waals surface area contributed by atoms with Crippen molar-refractivity contribution in [3.8, 4) is 0 Å². The number of ether oxygens (including phenoxy) is 8. The number of esters is 1. The van der Waals surface area contributed by atoms with E-state index in [0.717, 1.165) is 37.7 Å². The third kappa shape index (κ3) is 8.95. The van der Waals surface area contributed by atoms with Gasteiger partial charge in [-0.15, -0.1) is 0 Å². The number of carbonyl (C=O) groups is 3. The zero-order valence-electron chi connectivity index (χ0n) is 34.6. The third-order valence-corrected chi connectivity index (χ3v) is 13.8. The molecule has 3 saturated heterocycles. The summed E-state index contributed by atoms with van der Waals surface area (Å²) in [6.45, 7) is 9.87. The summed E-state index contributed by atoms with van der Waals surface area (Å²) < 4.78 is 49.6. The van der Waals surface area contributed by atoms with Gasteiger partial charge in [0.05, 0.1) is 36.9 Å². The van der Waals surface area contributed by atoms with Gasteiger partial charge in [-0.25, -0.2) is 0 Å². The molecule has 6 rings (SSSR count). The third-order valence-electron chi connectivity index (χ3n) is 13.8. The fourth-order valence-corrected chi connectivity index (χ4v) is 10.7. The average Bonchev–Trinajstić information content (AvgIpc) is 3.76. The highest BCUT2D eigenvalue weighted by atomic mass is 16.7. The summed E-state index contributed by atoms with van der Waals surface area (Å²) in [5.41, 5.74) is 0.728. The molecular formula is C43H67NO11. The van der Waals surface area contributed by atoms with Crippen LogP contribution in [0.25, 0.3) is 0 Å². The summed E-state index contributed by atoms with van der Waals surface area (Å²) in [5.74, 6) is -0.155. The first kappa shape index (κ1) is 42.4. The first-order chi connectivity index (χ1) is 26.4. The second-order valence-corrected chi connectivity index (χ2v) is 16.9. The topological polar surface area (TPSA) is 128 Å². The Balaban J connectivity index is 1.19. The van der Waals surface area contributed by atoms with Gasteiger partial charge in [0.15, 0.2) is 18.4 Å². The molecule has 6 aliphatic rings. The number of Topliss-reactive ketones (excluding diaryl/α,β-unsaturated/α-hetero) is 1. The molecule has 0 bridgehead atoms. The van der Waals surface area contributed by atoms with Gasteiger partial charge in [-0.1, -0.05) is 39.0 Å². The van der Waals surface area contributed by atoms with E-state index in [1.807, 2.05) is 34.7 Å². The van der Waals surface area contributed by atoms with E-state index in [9.17, 15) is 14.4 Å². The average molecular weight is 774 g/mol. The molecular weight excluding hydrogens is 706 g/mol. The van der Waals surface area contributed by atoms with E-state index in [-0.39, 0.29) is 102 Å². The predicted molar refractivity (Wildman–Crippen MR) is 204 cm³/mol. The number of ketones is 1. The van der Waals surface area contributed by atoms with Gasteiger partial charge < -0.3 is 42.8 Å². The molecule has 0 aromatic carbocycles. The summed E-state index contributed by atoms with van der Waals surface area (Å²) in [5, 5.41) is 0. The van der Waals surface area contributed by atoms with Crippen molar-refractivity contribution in [2.45, 2.75) is 166 Å². The highest BCUT2D eigenvalue weighted by molar-refractivity contribution is 5.99. The van der Waals surface area contributed by atoms with Gasteiger partial charge in [-0.3, -0.25) is 14.4 Å². The van der Waals surface area contributed by atoms with E-state index in [0.29, 0.717) is 25.7 Å². The van der Waals surface area contributed by atoms with Gasteiger partial charge in [0.25, 0.3) is 0 Å². The van der Waals surface area contributed by atoms with Crippen LogP contribution in [-0.4, -0.2) is 118 Å². The number of nitrogens with zero attached hydrogens (tertiary/aromatic N) is 1. The molecule has 3 aliphatic carbocycles. The molecule has 0 spiro atoms. The summed E-state index contributed by atoms with van der Waals surface area (Å²) in [4.78, 5) is 42.5. The SMILES string of the molecule is CCC(=O)N(C)[C@H]1CC[C@H](O[C@H]2CCC[C@H](CC)OC(=O)C[C@@H]3C(=C[C@@H]4[C@H]3C=C[C@@H]3C[C@@H](O[C@@H]5OC(C)[C@H](OC)C(OC)[C@@H]5OC)C[C@@H]43)C(=O)[C@@H]2C)OC1C. The number of methoxy groups -OCH3 is 3. The Hall–Kier alpha value is -2.19. The summed E-state index contributed by atoms with van der Waals surface area (Å²) >= 11 is 0. The van der Waals surface area contributed by atoms with Crippen LogP contribution < -0.4 is 0 Å². The fraction of sp³-hybridized carbons (Fsp3) is 0.837. The van der Waals surface area contributed by atoms with Gasteiger partial charge in [0, 0.05) is 53.1 Å². The van der Waals surface area contributed by atoms with Crippen LogP contribution in [0.2, 0.25) is 0 Å². The highest BCUT2D eigenvalue weighted by Crippen LogP contribution is 2.54. The van der Waals surface area contributed by atoms with E-state index < -0.39 is 24.6 Å². The van der Waals surface area contributed by atoms with Crippen molar-refractivity contribution in [2.75, 3.05) is 28.4 Å². The number of cyclic esters (lactones) is 1. The number of likely N-dealkylation sites (N-methyl/N-ethyl adjacent to an activating group) is 1. The molecule has 3 heterocycles. The first-order valence-corrected chi connectivity index (χ1v) is 21.0. The molecule has 3 unspecified atom stereocenters. The van der Waals surface area contributed by atoms with Crippen molar-refractivity contribution < 1.29 is 52.3 Å². The van der Waals surface area contributed by atoms with Gasteiger partial charge in [0.1, 0.15) is 24.4 Å². The Morgan fingerprint density at radius 3 is 2.27 bits per heavy atom. The monoisotopic (exact) mass is 773 g/mol. The molecule has 4 fully saturated rings. The largest absolute Gasteiger partial charge is 0.462 e. The molecule has 0 aromatic rings. The second-order valence-electron chi connectivity index (χ2n) is 16.9. The number of carbonyl (C=O) groups excluding carboxylic acids is 3. The Morgan fingerprint density at radius 1 is 0.855 bits per heavy atom. The van der Waals surface area contributed by atoms with Crippen LogP contribution >= 0.6 is 0 Å². The zero-order chi connectivity index (χ0) is 39.6. The van der Waals surface area contributed by atoms with Crippen LogP contribution in [0, 0.1) is 35.5 Å². The van der Waals surface area contributed by atoms with Crippen LogP contribution in [0.15, 0.2) is 23.8 Å². The van der Waals surface area contributed by atoms with Crippen LogP contribution in [-0.2, 0) is 52.3 Å². The van der Waals surface area contributed by atoms with Crippen LogP contribution in [0.3, 0.4) is 0 Å². The summed E-state index contributed by atoms with van der Waals surface area (Å²) in [7, 11) is 6.79. The lowest BCUT2D eigenvalue weighted by atomic mass is 9.70. The fourth-order valence-electron chi connectivity index (χ4n) is 10.7. The lowest BCUT2D eigenvalue weighted by Crippen LogP contribution is -2.59. The molecule has 0 radical (unpaired) electrons. The smallest absolute Gasteiger partial charge is 0.306 e. The van der Waals surface area contributed by atoms with Crippen molar-refractivity contribution in [1.29, 1.82) is 0 Å². The molecule has 55 heavy (non-hydrogen) atoms. The summed E-state index contributed by atoms with van der Waals surface area (Å²) in [6, 6.07) is -0.0154. The quantitative estimate of drug-likeness (QED) is 0.198. The molecule has 12 nitrogen and oxygen atoms in total. The van der Waals surface area contributed by atoms with Crippen LogP contribution in [0.4, 0.5) is 0 Å². The van der Waals surface area contributed by atoms with Crippen molar-refractivity contribution >= 4 is 17.7 Å². The number of fused-ring (bicyclic) bond motifs is 5. The predicted octanol–water partition coefficient (Wildman–Crippen LogP) is 5.79. The molecule has 1 saturated carbocycles. The highest BCUT2D eigenvalue weighted by Gasteiger charge is 2.52. The van der Waals surface area contributed by atoms with Gasteiger partial charge >= 0.3 is 5.97 Å². The number of allylic oxidation sites excluding steroid dienone is 4. The van der Waals surface area contributed by atoms with Crippen molar-refractivity contribution in [3.63, 3.8) is 0 Å². The Labute approximate surface area is 328 Å². The van der Waals surface area contributed by atoms with Crippen molar-refractivity contribution in [2.24, 2.45) is 35.5 Å². The maximum absolute atomic E-state index is 14.7. The first-order valence-electron chi connectivity index (χ1n) is 21.0. The lowest BCUT2D eigenvalue weighted by molar-refractivity contribution is -0.314. The number of hydrogen-bond acceptors (Lipinski definition) is 11. The van der Waals surface area contributed by atoms with Gasteiger partial charge in [-0.2, -0.15) is 0 Å². The molecule has 3 aliphatic heterocycles. The maximum Gasteiger partial charge on any atom is 0.306 e. The van der Waals surface area contributed by atoms with E-state index in [2.05, 4.69) is 25.2 Å². The van der Waals surface area contributed by atoms with Gasteiger partial charge in [-0.05, 0) is 88.0 Å². The van der Waals surface area contributed by atoms with Crippen LogP contribution in [0.5, 0.6) is 0 Å². The number of hydrogen-bond donors (Lipinski definition) is 0. The minimum Gasteiger partial charge on any atom is -0.462 e. The molecule has 0 aromatic heterocycles. The van der Waals surface area contributed by atoms with Crippen molar-refractivity contribution in [1.82, 2.24) is 4.90 Å². The lowest BCUT2D eigenvalue weighted by Gasteiger charge is -2.44. The standard InChI is InChI=1S/C43H67NO11/c1-10-27-13-12-14-35(55-38-18-17-34(24(4)51-38)44(6)36(45)11-2)23(3)39(47)33-21-31-29(32(33)22-37(46)53-27)16-15-26-19-28(20-30(26)31)54-43-42(50-9)41(49-8)40(48-7)25(5)52-43/h15-16,21,23-32,34-35,38,40-43H,10-14,17-20,22H2,1-9H3/t23-,24?,25?,26-,27+,28-,29-,30-,31-,32+,34+,35+,38+,40+,41?,42+,43+/m1/s1. The normalized spacial score (nSPS) is 43.7. The molecule has 310 valence electrons. The molecule has 0 N–H and O–H groups in total. The Bertz CT molecular complexity index is 1400. The minimum atomic E-state index is -0.611. The summed E-state index contributed by atoms with van der Waals surface area (Å²) in [6.07, 6.45) is 10.1. The van der Waals surface area contributed by atoms with E-state index in [4.69, 9.17) is 37.9 Å². The molecule has 12 heteroatoms. The van der Waals surface area contributed by atoms with Crippen molar-refractivity contribution in [3.05, 3.63) is 23.8 Å². The Kier molecular flexibility index (Phi) is 14.3. The minimum absolute atomic E-state index is 0.0152. The number of rotatable bonds is 10. The molecule has 17 atom stereocenters. The molecule has 1 amide bonds. The Morgan fingerprint density at radius 2 is 1.60 bits per heavy atom. The van der Waals surface area contributed by atoms with E-state index in [1.165, 1.54) is 0 Å². The zero-order valence-corrected chi connectivity index (χ0v) is 34.6. The van der Waals surface area contributed by atoms with Crippen LogP contribution in [0.1, 0.15) is 98.8 Å². The van der Waals surface area contributed by atoms with E-state index >= 15 is 0 Å².